The third-order valence-corrected chi connectivity index (χ3v) is 4.23. The summed E-state index contributed by atoms with van der Waals surface area (Å²) in [5.41, 5.74) is 3.93. The zero-order valence-electron chi connectivity index (χ0n) is 16.8. The second-order valence-corrected chi connectivity index (χ2v) is 6.46. The Bertz CT molecular complexity index is 837. The molecule has 30 heavy (non-hydrogen) atoms. The van der Waals surface area contributed by atoms with Crippen molar-refractivity contribution in [1.29, 1.82) is 0 Å². The fraction of sp³-hybridized carbons (Fsp3) is 0.316. The van der Waals surface area contributed by atoms with Gasteiger partial charge in [-0.25, -0.2) is 21.4 Å². The monoisotopic (exact) mass is 413 g/mol. The van der Waals surface area contributed by atoms with Crippen molar-refractivity contribution in [3.8, 4) is 0 Å². The van der Waals surface area contributed by atoms with Crippen molar-refractivity contribution in [3.63, 3.8) is 0 Å². The number of amides is 2. The van der Waals surface area contributed by atoms with E-state index in [1.54, 1.807) is 6.20 Å². The number of imidazole rings is 1. The first kappa shape index (κ1) is 22.7. The maximum absolute atomic E-state index is 12.7. The van der Waals surface area contributed by atoms with Crippen LogP contribution in [0, 0.1) is 0 Å². The number of nitrogens with one attached hydrogen (secondary N) is 4. The number of aromatic nitrogens is 2. The van der Waals surface area contributed by atoms with Crippen LogP contribution in [0.25, 0.3) is 0 Å². The predicted octanol–water partition coefficient (Wildman–Crippen LogP) is -0.837. The molecule has 11 heteroatoms. The molecule has 0 bridgehead atoms. The third-order valence-electron chi connectivity index (χ3n) is 4.23. The van der Waals surface area contributed by atoms with Gasteiger partial charge in [0.25, 0.3) is 0 Å². The Hall–Kier alpha value is -3.57. The van der Waals surface area contributed by atoms with Crippen LogP contribution in [0.1, 0.15) is 11.3 Å². The Labute approximate surface area is 174 Å². The van der Waals surface area contributed by atoms with Crippen molar-refractivity contribution in [2.24, 2.45) is 15.9 Å². The van der Waals surface area contributed by atoms with Gasteiger partial charge < -0.3 is 15.6 Å². The number of rotatable bonds is 11. The van der Waals surface area contributed by atoms with E-state index in [9.17, 15) is 9.59 Å². The Balaban J connectivity index is 2.09. The molecule has 1 aromatic heterocycles. The molecule has 11 nitrogen and oxygen atoms in total. The van der Waals surface area contributed by atoms with Crippen molar-refractivity contribution in [3.05, 3.63) is 54.1 Å². The van der Waals surface area contributed by atoms with E-state index in [0.717, 1.165) is 11.3 Å². The van der Waals surface area contributed by atoms with Crippen LogP contribution in [0.5, 0.6) is 0 Å². The molecule has 1 heterocycles. The lowest BCUT2D eigenvalue weighted by atomic mass is 10.1. The van der Waals surface area contributed by atoms with Crippen molar-refractivity contribution < 1.29 is 9.59 Å². The average molecular weight is 413 g/mol. The second-order valence-electron chi connectivity index (χ2n) is 6.46. The van der Waals surface area contributed by atoms with Crippen LogP contribution < -0.4 is 22.0 Å². The summed E-state index contributed by atoms with van der Waals surface area (Å²) in [7, 11) is 1.52. The maximum Gasteiger partial charge on any atom is 0.242 e. The zero-order valence-corrected chi connectivity index (χ0v) is 16.8. The van der Waals surface area contributed by atoms with Crippen LogP contribution in [0.3, 0.4) is 0 Å². The Morgan fingerprint density at radius 1 is 1.30 bits per heavy atom. The number of aromatic amines is 1. The van der Waals surface area contributed by atoms with Crippen molar-refractivity contribution >= 4 is 24.4 Å². The summed E-state index contributed by atoms with van der Waals surface area (Å²) in [5, 5.41) is 9.20. The predicted molar refractivity (Wildman–Crippen MR) is 114 cm³/mol. The van der Waals surface area contributed by atoms with E-state index in [0.29, 0.717) is 18.8 Å². The fourth-order valence-corrected chi connectivity index (χ4v) is 2.85. The van der Waals surface area contributed by atoms with Crippen LogP contribution in [0.2, 0.25) is 0 Å². The number of hydrazone groups is 1. The topological polar surface area (TPSA) is 153 Å². The van der Waals surface area contributed by atoms with E-state index in [4.69, 9.17) is 5.84 Å². The minimum atomic E-state index is -0.738. The van der Waals surface area contributed by atoms with Gasteiger partial charge in [0, 0.05) is 31.9 Å². The van der Waals surface area contributed by atoms with Gasteiger partial charge in [0.15, 0.2) is 5.84 Å². The smallest absolute Gasteiger partial charge is 0.242 e. The minimum absolute atomic E-state index is 0.0183. The Morgan fingerprint density at radius 3 is 2.67 bits per heavy atom. The zero-order chi connectivity index (χ0) is 21.8. The van der Waals surface area contributed by atoms with Gasteiger partial charge in [-0.1, -0.05) is 30.3 Å². The van der Waals surface area contributed by atoms with Gasteiger partial charge in [-0.15, -0.1) is 5.10 Å². The Morgan fingerprint density at radius 2 is 2.07 bits per heavy atom. The molecule has 1 aromatic carbocycles. The number of nitrogens with zero attached hydrogens (tertiary/aromatic N) is 4. The number of H-pyrrole nitrogens is 1. The number of likely N-dealkylation sites (N-methyl/N-ethyl adjacent to an activating group) is 1. The van der Waals surface area contributed by atoms with Gasteiger partial charge in [-0.2, -0.15) is 0 Å². The molecule has 2 amide bonds. The van der Waals surface area contributed by atoms with Gasteiger partial charge >= 0.3 is 0 Å². The number of nitrogens with two attached hydrogens (primary N) is 1. The molecule has 0 radical (unpaired) electrons. The SMILES string of the molecule is C=N/C(CN(CC(=O)N[C@@H](Cc1cnc[nH]1)C(=O)NC)Cc1ccccc1)=N\NN. The van der Waals surface area contributed by atoms with Crippen LogP contribution in [-0.2, 0) is 22.6 Å². The lowest BCUT2D eigenvalue weighted by molar-refractivity contribution is -0.129. The second kappa shape index (κ2) is 12.1. The van der Waals surface area contributed by atoms with Crippen molar-refractivity contribution in [1.82, 2.24) is 31.0 Å². The Kier molecular flexibility index (Phi) is 9.16. The summed E-state index contributed by atoms with van der Waals surface area (Å²) in [6.45, 7) is 4.20. The summed E-state index contributed by atoms with van der Waals surface area (Å²) in [5.74, 6) is 4.96. The molecule has 6 N–H and O–H groups in total. The summed E-state index contributed by atoms with van der Waals surface area (Å²) < 4.78 is 0. The van der Waals surface area contributed by atoms with Gasteiger partial charge in [0.1, 0.15) is 6.04 Å². The largest absolute Gasteiger partial charge is 0.357 e. The lowest BCUT2D eigenvalue weighted by Crippen LogP contribution is -2.50. The first-order valence-corrected chi connectivity index (χ1v) is 9.29. The van der Waals surface area contributed by atoms with Gasteiger partial charge in [0.2, 0.25) is 11.8 Å². The molecule has 0 spiro atoms. The number of aliphatic imine (C=N–C) groups is 1. The average Bonchev–Trinajstić information content (AvgIpc) is 3.26. The molecule has 0 aliphatic carbocycles. The number of hydrogen-bond acceptors (Lipinski definition) is 7. The molecular weight excluding hydrogens is 386 g/mol. The molecule has 0 aliphatic rings. The van der Waals surface area contributed by atoms with Crippen molar-refractivity contribution in [2.75, 3.05) is 20.1 Å². The first-order chi connectivity index (χ1) is 14.5. The maximum atomic E-state index is 12.7. The summed E-state index contributed by atoms with van der Waals surface area (Å²) in [6.07, 6.45) is 3.43. The fourth-order valence-electron chi connectivity index (χ4n) is 2.85. The van der Waals surface area contributed by atoms with Crippen LogP contribution in [0.4, 0.5) is 0 Å². The normalized spacial score (nSPS) is 12.3. The lowest BCUT2D eigenvalue weighted by Gasteiger charge is -2.23. The molecule has 0 aliphatic heterocycles. The molecule has 0 fully saturated rings. The summed E-state index contributed by atoms with van der Waals surface area (Å²) >= 11 is 0. The van der Waals surface area contributed by atoms with Crippen LogP contribution in [0.15, 0.2) is 52.9 Å². The highest BCUT2D eigenvalue weighted by Gasteiger charge is 2.22. The number of hydrazine groups is 1. The molecular formula is C19H27N9O2. The molecule has 0 saturated heterocycles. The van der Waals surface area contributed by atoms with E-state index in [2.05, 4.69) is 42.9 Å². The van der Waals surface area contributed by atoms with Crippen molar-refractivity contribution in [2.45, 2.75) is 19.0 Å². The van der Waals surface area contributed by atoms with E-state index in [1.807, 2.05) is 35.2 Å². The van der Waals surface area contributed by atoms with Gasteiger partial charge in [-0.05, 0) is 12.3 Å². The number of carbonyl (C=O) groups is 2. The molecule has 0 saturated carbocycles. The molecule has 2 rings (SSSR count). The molecule has 160 valence electrons. The molecule has 2 aromatic rings. The van der Waals surface area contributed by atoms with Crippen LogP contribution >= 0.6 is 0 Å². The highest BCUT2D eigenvalue weighted by Crippen LogP contribution is 2.06. The van der Waals surface area contributed by atoms with E-state index in [1.165, 1.54) is 13.4 Å². The third kappa shape index (κ3) is 7.45. The number of hydrogen-bond donors (Lipinski definition) is 5. The highest BCUT2D eigenvalue weighted by molar-refractivity contribution is 5.90. The first-order valence-electron chi connectivity index (χ1n) is 9.29. The molecule has 0 unspecified atom stereocenters. The van der Waals surface area contributed by atoms with E-state index < -0.39 is 6.04 Å². The van der Waals surface area contributed by atoms with Gasteiger partial charge in [-0.3, -0.25) is 14.5 Å². The van der Waals surface area contributed by atoms with Crippen LogP contribution in [-0.4, -0.2) is 65.4 Å². The number of benzene rings is 1. The number of amidine groups is 1. The quantitative estimate of drug-likeness (QED) is 0.140. The van der Waals surface area contributed by atoms with E-state index >= 15 is 0 Å². The van der Waals surface area contributed by atoms with Gasteiger partial charge in [0.05, 0.1) is 19.4 Å². The summed E-state index contributed by atoms with van der Waals surface area (Å²) in [4.78, 5) is 37.5. The summed E-state index contributed by atoms with van der Waals surface area (Å²) in [6, 6.07) is 8.92. The molecule has 1 atom stereocenters. The minimum Gasteiger partial charge on any atom is -0.357 e. The van der Waals surface area contributed by atoms with E-state index in [-0.39, 0.29) is 24.9 Å². The standard InChI is InChI=1S/C19H27N9O2/c1-21-17(26-27-20)11-28(10-14-6-4-3-5-7-14)12-18(29)25-16(19(30)22-2)8-15-9-23-13-24-15/h3-7,9,13,16,27H,1,8,10-12,20H2,2H3,(H,22,30)(H,23,24)(H,25,29)/b26-17-/t16-/m0/s1. The number of carbonyl (C=O) groups excluding carboxylic acids is 2. The highest BCUT2D eigenvalue weighted by atomic mass is 16.2.